The monoisotopic (exact) mass is 305 g/mol. The zero-order valence-electron chi connectivity index (χ0n) is 11.9. The van der Waals surface area contributed by atoms with Gasteiger partial charge in [0.2, 0.25) is 0 Å². The van der Waals surface area contributed by atoms with E-state index in [1.54, 1.807) is 19.1 Å². The van der Waals surface area contributed by atoms with Gasteiger partial charge in [-0.3, -0.25) is 10.1 Å². The highest BCUT2D eigenvalue weighted by Crippen LogP contribution is 2.34. The van der Waals surface area contributed by atoms with Gasteiger partial charge in [0, 0.05) is 17.5 Å². The van der Waals surface area contributed by atoms with Crippen molar-refractivity contribution in [3.63, 3.8) is 0 Å². The molecule has 0 aliphatic rings. The summed E-state index contributed by atoms with van der Waals surface area (Å²) in [6.45, 7) is 5.27. The third-order valence-electron chi connectivity index (χ3n) is 2.83. The van der Waals surface area contributed by atoms with Crippen LogP contribution in [0.1, 0.15) is 30.0 Å². The van der Waals surface area contributed by atoms with Gasteiger partial charge in [0.1, 0.15) is 0 Å². The summed E-state index contributed by atoms with van der Waals surface area (Å²) in [5.41, 5.74) is 2.08. The Hall–Kier alpha value is -1.99. The van der Waals surface area contributed by atoms with Gasteiger partial charge in [-0.15, -0.1) is 0 Å². The van der Waals surface area contributed by atoms with Crippen LogP contribution in [0.15, 0.2) is 34.3 Å². The second-order valence-corrected chi connectivity index (χ2v) is 5.70. The van der Waals surface area contributed by atoms with E-state index in [0.717, 1.165) is 23.1 Å². The Balaban J connectivity index is 2.41. The van der Waals surface area contributed by atoms with Crippen molar-refractivity contribution in [2.24, 2.45) is 0 Å². The molecule has 1 heterocycles. The first kappa shape index (κ1) is 15.4. The van der Waals surface area contributed by atoms with Crippen LogP contribution in [0.25, 0.3) is 0 Å². The summed E-state index contributed by atoms with van der Waals surface area (Å²) < 4.78 is 0. The SMILES string of the molecule is Cc1cc(C)nc(Sc2ccc([C@H](C)O)cc2[N+](=O)[O-])n1. The molecule has 6 nitrogen and oxygen atoms in total. The van der Waals surface area contributed by atoms with Gasteiger partial charge in [-0.1, -0.05) is 6.07 Å². The van der Waals surface area contributed by atoms with E-state index in [1.165, 1.54) is 6.07 Å². The number of aliphatic hydroxyl groups is 1. The lowest BCUT2D eigenvalue weighted by molar-refractivity contribution is -0.387. The molecule has 0 radical (unpaired) electrons. The third-order valence-corrected chi connectivity index (χ3v) is 3.76. The van der Waals surface area contributed by atoms with E-state index in [9.17, 15) is 15.2 Å². The van der Waals surface area contributed by atoms with E-state index in [1.807, 2.05) is 19.9 Å². The standard InChI is InChI=1S/C14H15N3O3S/c1-8-6-9(2)16-14(15-8)21-13-5-4-11(10(3)18)7-12(13)17(19)20/h4-7,10,18H,1-3H3/t10-/m0/s1. The maximum atomic E-state index is 11.2. The number of hydrogen-bond acceptors (Lipinski definition) is 6. The van der Waals surface area contributed by atoms with Crippen LogP contribution in [0.3, 0.4) is 0 Å². The van der Waals surface area contributed by atoms with Crippen molar-refractivity contribution in [3.8, 4) is 0 Å². The number of nitro groups is 1. The molecule has 21 heavy (non-hydrogen) atoms. The molecule has 0 saturated carbocycles. The van der Waals surface area contributed by atoms with Gasteiger partial charge in [-0.05, 0) is 50.2 Å². The lowest BCUT2D eigenvalue weighted by Crippen LogP contribution is -1.98. The summed E-state index contributed by atoms with van der Waals surface area (Å²) in [7, 11) is 0. The van der Waals surface area contributed by atoms with Gasteiger partial charge in [0.15, 0.2) is 5.16 Å². The molecule has 1 aromatic heterocycles. The van der Waals surface area contributed by atoms with Crippen LogP contribution in [0.2, 0.25) is 0 Å². The number of rotatable bonds is 4. The maximum absolute atomic E-state index is 11.2. The van der Waals surface area contributed by atoms with Crippen LogP contribution in [-0.2, 0) is 0 Å². The third kappa shape index (κ3) is 3.77. The molecule has 110 valence electrons. The van der Waals surface area contributed by atoms with Crippen molar-refractivity contribution < 1.29 is 10.0 Å². The van der Waals surface area contributed by atoms with Gasteiger partial charge >= 0.3 is 0 Å². The summed E-state index contributed by atoms with van der Waals surface area (Å²) >= 11 is 1.15. The van der Waals surface area contributed by atoms with Crippen LogP contribution in [0.4, 0.5) is 5.69 Å². The number of aryl methyl sites for hydroxylation is 2. The van der Waals surface area contributed by atoms with E-state index in [-0.39, 0.29) is 5.69 Å². The Morgan fingerprint density at radius 3 is 2.38 bits per heavy atom. The highest BCUT2D eigenvalue weighted by atomic mass is 32.2. The molecule has 2 aromatic rings. The Morgan fingerprint density at radius 2 is 1.86 bits per heavy atom. The fraction of sp³-hybridized carbons (Fsp3) is 0.286. The van der Waals surface area contributed by atoms with Crippen LogP contribution in [-0.4, -0.2) is 20.0 Å². The lowest BCUT2D eigenvalue weighted by Gasteiger charge is -2.07. The molecule has 0 fully saturated rings. The molecule has 1 atom stereocenters. The van der Waals surface area contributed by atoms with Crippen molar-refractivity contribution in [2.75, 3.05) is 0 Å². The first-order chi connectivity index (χ1) is 9.86. The average molecular weight is 305 g/mol. The molecular weight excluding hydrogens is 290 g/mol. The second kappa shape index (κ2) is 6.19. The quantitative estimate of drug-likeness (QED) is 0.530. The zero-order valence-corrected chi connectivity index (χ0v) is 12.7. The van der Waals surface area contributed by atoms with Crippen LogP contribution < -0.4 is 0 Å². The predicted molar refractivity (Wildman–Crippen MR) is 79.4 cm³/mol. The van der Waals surface area contributed by atoms with E-state index in [2.05, 4.69) is 9.97 Å². The Labute approximate surface area is 126 Å². The second-order valence-electron chi connectivity index (χ2n) is 4.70. The fourth-order valence-corrected chi connectivity index (χ4v) is 2.81. The molecule has 1 N–H and O–H groups in total. The summed E-state index contributed by atoms with van der Waals surface area (Å²) in [6.07, 6.45) is -0.750. The van der Waals surface area contributed by atoms with Gasteiger partial charge < -0.3 is 5.11 Å². The Kier molecular flexibility index (Phi) is 4.54. The molecule has 7 heteroatoms. The minimum atomic E-state index is -0.750. The highest BCUT2D eigenvalue weighted by Gasteiger charge is 2.18. The lowest BCUT2D eigenvalue weighted by atomic mass is 10.1. The minimum absolute atomic E-state index is 0.0545. The number of hydrogen-bond donors (Lipinski definition) is 1. The van der Waals surface area contributed by atoms with E-state index >= 15 is 0 Å². The molecule has 2 rings (SSSR count). The summed E-state index contributed by atoms with van der Waals surface area (Å²) in [6, 6.07) is 6.51. The smallest absolute Gasteiger partial charge is 0.283 e. The topological polar surface area (TPSA) is 89.2 Å². The minimum Gasteiger partial charge on any atom is -0.389 e. The summed E-state index contributed by atoms with van der Waals surface area (Å²) in [5, 5.41) is 21.2. The molecule has 0 bridgehead atoms. The normalized spacial score (nSPS) is 12.2. The van der Waals surface area contributed by atoms with Crippen molar-refractivity contribution >= 4 is 17.4 Å². The highest BCUT2D eigenvalue weighted by molar-refractivity contribution is 7.99. The summed E-state index contributed by atoms with van der Waals surface area (Å²) in [4.78, 5) is 19.7. The first-order valence-corrected chi connectivity index (χ1v) is 7.15. The van der Waals surface area contributed by atoms with Crippen LogP contribution >= 0.6 is 11.8 Å². The van der Waals surface area contributed by atoms with Crippen LogP contribution in [0, 0.1) is 24.0 Å². The number of aromatic nitrogens is 2. The molecule has 1 aromatic carbocycles. The van der Waals surface area contributed by atoms with E-state index in [4.69, 9.17) is 0 Å². The molecular formula is C14H15N3O3S. The largest absolute Gasteiger partial charge is 0.389 e. The zero-order chi connectivity index (χ0) is 15.6. The average Bonchev–Trinajstić information content (AvgIpc) is 2.37. The molecule has 0 amide bonds. The number of benzene rings is 1. The predicted octanol–water partition coefficient (Wildman–Crippen LogP) is 3.21. The molecule has 0 aliphatic heterocycles. The van der Waals surface area contributed by atoms with Gasteiger partial charge in [-0.25, -0.2) is 9.97 Å². The molecule has 0 aliphatic carbocycles. The van der Waals surface area contributed by atoms with Crippen molar-refractivity contribution in [3.05, 3.63) is 51.3 Å². The number of nitrogens with zero attached hydrogens (tertiary/aromatic N) is 3. The molecule has 0 unspecified atom stereocenters. The maximum Gasteiger partial charge on any atom is 0.283 e. The van der Waals surface area contributed by atoms with Crippen molar-refractivity contribution in [1.29, 1.82) is 0 Å². The number of nitro benzene ring substituents is 1. The van der Waals surface area contributed by atoms with Crippen molar-refractivity contribution in [1.82, 2.24) is 9.97 Å². The molecule has 0 spiro atoms. The van der Waals surface area contributed by atoms with E-state index < -0.39 is 11.0 Å². The Bertz CT molecular complexity index is 669. The van der Waals surface area contributed by atoms with Crippen LogP contribution in [0.5, 0.6) is 0 Å². The number of aliphatic hydroxyl groups excluding tert-OH is 1. The molecule has 0 saturated heterocycles. The van der Waals surface area contributed by atoms with Gasteiger partial charge in [-0.2, -0.15) is 0 Å². The summed E-state index contributed by atoms with van der Waals surface area (Å²) in [5.74, 6) is 0. The van der Waals surface area contributed by atoms with Gasteiger partial charge in [0.25, 0.3) is 5.69 Å². The fourth-order valence-electron chi connectivity index (χ4n) is 1.86. The van der Waals surface area contributed by atoms with E-state index in [0.29, 0.717) is 15.6 Å². The van der Waals surface area contributed by atoms with Crippen molar-refractivity contribution in [2.45, 2.75) is 36.9 Å². The Morgan fingerprint density at radius 1 is 1.24 bits per heavy atom. The first-order valence-electron chi connectivity index (χ1n) is 6.33. The van der Waals surface area contributed by atoms with Gasteiger partial charge in [0.05, 0.1) is 15.9 Å².